The number of nitrogens with one attached hydrogen (secondary N) is 2. The molecule has 0 radical (unpaired) electrons. The third-order valence-corrected chi connectivity index (χ3v) is 5.57. The smallest absolute Gasteiger partial charge is 0.228 e. The largest absolute Gasteiger partial charge is 0.351 e. The van der Waals surface area contributed by atoms with Crippen molar-refractivity contribution in [3.63, 3.8) is 0 Å². The van der Waals surface area contributed by atoms with Gasteiger partial charge in [0.05, 0.1) is 5.92 Å². The first-order valence-electron chi connectivity index (χ1n) is 7.62. The minimum atomic E-state index is -0.0164. The molecule has 0 aromatic heterocycles. The van der Waals surface area contributed by atoms with Gasteiger partial charge < -0.3 is 10.6 Å². The van der Waals surface area contributed by atoms with E-state index in [1.54, 1.807) is 11.8 Å². The molecule has 22 heavy (non-hydrogen) atoms. The van der Waals surface area contributed by atoms with Gasteiger partial charge >= 0.3 is 0 Å². The van der Waals surface area contributed by atoms with Crippen LogP contribution in [-0.4, -0.2) is 11.7 Å². The van der Waals surface area contributed by atoms with Crippen LogP contribution in [0.2, 0.25) is 0 Å². The highest BCUT2D eigenvalue weighted by Crippen LogP contribution is 2.39. The molecule has 2 aliphatic rings. The fourth-order valence-corrected chi connectivity index (χ4v) is 4.38. The number of benzene rings is 2. The van der Waals surface area contributed by atoms with Crippen LogP contribution in [0, 0.1) is 0 Å². The maximum absolute atomic E-state index is 12.5. The monoisotopic (exact) mass is 310 g/mol. The predicted molar refractivity (Wildman–Crippen MR) is 88.7 cm³/mol. The summed E-state index contributed by atoms with van der Waals surface area (Å²) in [6.07, 6.45) is 0. The summed E-state index contributed by atoms with van der Waals surface area (Å²) in [4.78, 5) is 13.7. The molecule has 112 valence electrons. The quantitative estimate of drug-likeness (QED) is 0.916. The summed E-state index contributed by atoms with van der Waals surface area (Å²) in [7, 11) is 0. The van der Waals surface area contributed by atoms with Gasteiger partial charge in [-0.15, -0.1) is 11.8 Å². The lowest BCUT2D eigenvalue weighted by molar-refractivity contribution is -0.122. The van der Waals surface area contributed by atoms with Gasteiger partial charge in [0.2, 0.25) is 5.91 Å². The third kappa shape index (κ3) is 2.53. The van der Waals surface area contributed by atoms with Crippen molar-refractivity contribution in [1.82, 2.24) is 10.6 Å². The predicted octanol–water partition coefficient (Wildman–Crippen LogP) is 2.80. The molecule has 2 heterocycles. The zero-order valence-corrected chi connectivity index (χ0v) is 13.1. The number of hydrogen-bond donors (Lipinski definition) is 2. The standard InChI is InChI=1S/C18H18N2OS/c21-18(16-11-22-17-4-2-1-3-15(16)17)20-8-12-5-6-13-9-19-10-14(13)7-12/h1-7,16,19H,8-11H2,(H,20,21). The van der Waals surface area contributed by atoms with E-state index < -0.39 is 0 Å². The Morgan fingerprint density at radius 3 is 3.00 bits per heavy atom. The molecule has 1 unspecified atom stereocenters. The molecule has 0 spiro atoms. The van der Waals surface area contributed by atoms with Gasteiger partial charge in [0.25, 0.3) is 0 Å². The Morgan fingerprint density at radius 1 is 1.18 bits per heavy atom. The van der Waals surface area contributed by atoms with Crippen molar-refractivity contribution in [3.8, 4) is 0 Å². The number of carbonyl (C=O) groups excluding carboxylic acids is 1. The zero-order chi connectivity index (χ0) is 14.9. The Balaban J connectivity index is 1.43. The van der Waals surface area contributed by atoms with Crippen molar-refractivity contribution >= 4 is 17.7 Å². The fourth-order valence-electron chi connectivity index (χ4n) is 3.15. The van der Waals surface area contributed by atoms with Crippen molar-refractivity contribution in [1.29, 1.82) is 0 Å². The Labute approximate surface area is 134 Å². The summed E-state index contributed by atoms with van der Waals surface area (Å²) in [5.41, 5.74) is 5.07. The van der Waals surface area contributed by atoms with E-state index in [9.17, 15) is 4.79 Å². The minimum Gasteiger partial charge on any atom is -0.351 e. The normalized spacial score (nSPS) is 18.8. The second-order valence-corrected chi connectivity index (χ2v) is 6.89. The van der Waals surface area contributed by atoms with Crippen LogP contribution in [0.15, 0.2) is 47.4 Å². The number of hydrogen-bond acceptors (Lipinski definition) is 3. The number of fused-ring (bicyclic) bond motifs is 2. The van der Waals surface area contributed by atoms with Gasteiger partial charge in [0.15, 0.2) is 0 Å². The first kappa shape index (κ1) is 13.9. The van der Waals surface area contributed by atoms with Crippen LogP contribution < -0.4 is 10.6 Å². The van der Waals surface area contributed by atoms with E-state index in [0.717, 1.165) is 18.8 Å². The fraction of sp³-hybridized carbons (Fsp3) is 0.278. The Kier molecular flexibility index (Phi) is 3.64. The van der Waals surface area contributed by atoms with Gasteiger partial charge in [-0.25, -0.2) is 0 Å². The first-order valence-corrected chi connectivity index (χ1v) is 8.60. The molecule has 4 heteroatoms. The van der Waals surface area contributed by atoms with Gasteiger partial charge in [0, 0.05) is 30.3 Å². The second kappa shape index (κ2) is 5.78. The maximum Gasteiger partial charge on any atom is 0.228 e. The summed E-state index contributed by atoms with van der Waals surface area (Å²) < 4.78 is 0. The third-order valence-electron chi connectivity index (χ3n) is 4.38. The van der Waals surface area contributed by atoms with Gasteiger partial charge in [-0.3, -0.25) is 4.79 Å². The number of amides is 1. The number of rotatable bonds is 3. The Morgan fingerprint density at radius 2 is 2.05 bits per heavy atom. The van der Waals surface area contributed by atoms with Crippen LogP contribution in [-0.2, 0) is 24.4 Å². The molecule has 2 N–H and O–H groups in total. The molecule has 3 nitrogen and oxygen atoms in total. The molecule has 0 aliphatic carbocycles. The van der Waals surface area contributed by atoms with Gasteiger partial charge in [-0.1, -0.05) is 36.4 Å². The average molecular weight is 310 g/mol. The molecule has 2 aromatic carbocycles. The molecule has 1 amide bonds. The molecule has 0 fully saturated rings. The first-order chi connectivity index (χ1) is 10.8. The Hall–Kier alpha value is -1.78. The summed E-state index contributed by atoms with van der Waals surface area (Å²) in [6.45, 7) is 2.50. The van der Waals surface area contributed by atoms with E-state index in [2.05, 4.69) is 41.0 Å². The molecule has 2 aromatic rings. The van der Waals surface area contributed by atoms with E-state index in [1.807, 2.05) is 12.1 Å². The number of carbonyl (C=O) groups is 1. The summed E-state index contributed by atoms with van der Waals surface area (Å²) in [5, 5.41) is 6.45. The molecular formula is C18H18N2OS. The van der Waals surface area contributed by atoms with Crippen LogP contribution >= 0.6 is 11.8 Å². The van der Waals surface area contributed by atoms with Crippen molar-refractivity contribution < 1.29 is 4.79 Å². The molecule has 1 atom stereocenters. The molecular weight excluding hydrogens is 292 g/mol. The highest BCUT2D eigenvalue weighted by Gasteiger charge is 2.28. The van der Waals surface area contributed by atoms with Crippen LogP contribution in [0.4, 0.5) is 0 Å². The van der Waals surface area contributed by atoms with Crippen molar-refractivity contribution in [3.05, 3.63) is 64.7 Å². The highest BCUT2D eigenvalue weighted by molar-refractivity contribution is 7.99. The molecule has 2 aliphatic heterocycles. The van der Waals surface area contributed by atoms with E-state index in [4.69, 9.17) is 0 Å². The lowest BCUT2D eigenvalue weighted by atomic mass is 10.0. The summed E-state index contributed by atoms with van der Waals surface area (Å²) in [5.74, 6) is 0.965. The van der Waals surface area contributed by atoms with Crippen LogP contribution in [0.1, 0.15) is 28.2 Å². The highest BCUT2D eigenvalue weighted by atomic mass is 32.2. The average Bonchev–Trinajstić information content (AvgIpc) is 3.18. The van der Waals surface area contributed by atoms with E-state index in [0.29, 0.717) is 6.54 Å². The van der Waals surface area contributed by atoms with Crippen molar-refractivity contribution in [2.45, 2.75) is 30.4 Å². The second-order valence-electron chi connectivity index (χ2n) is 5.83. The van der Waals surface area contributed by atoms with E-state index in [-0.39, 0.29) is 11.8 Å². The van der Waals surface area contributed by atoms with Crippen molar-refractivity contribution in [2.75, 3.05) is 5.75 Å². The number of thioether (sulfide) groups is 1. The molecule has 0 bridgehead atoms. The maximum atomic E-state index is 12.5. The molecule has 0 saturated heterocycles. The van der Waals surface area contributed by atoms with Gasteiger partial charge in [-0.2, -0.15) is 0 Å². The Bertz CT molecular complexity index is 729. The van der Waals surface area contributed by atoms with E-state index in [1.165, 1.54) is 27.1 Å². The van der Waals surface area contributed by atoms with Gasteiger partial charge in [0.1, 0.15) is 0 Å². The van der Waals surface area contributed by atoms with Crippen LogP contribution in [0.5, 0.6) is 0 Å². The van der Waals surface area contributed by atoms with Crippen LogP contribution in [0.3, 0.4) is 0 Å². The van der Waals surface area contributed by atoms with Crippen LogP contribution in [0.25, 0.3) is 0 Å². The van der Waals surface area contributed by atoms with Gasteiger partial charge in [-0.05, 0) is 28.3 Å². The SMILES string of the molecule is O=C(NCc1ccc2c(c1)CNC2)C1CSc2ccccc21. The van der Waals surface area contributed by atoms with Crippen molar-refractivity contribution in [2.24, 2.45) is 0 Å². The minimum absolute atomic E-state index is 0.0164. The topological polar surface area (TPSA) is 41.1 Å². The van der Waals surface area contributed by atoms with E-state index >= 15 is 0 Å². The summed E-state index contributed by atoms with van der Waals surface area (Å²) in [6, 6.07) is 14.7. The summed E-state index contributed by atoms with van der Waals surface area (Å²) >= 11 is 1.77. The lowest BCUT2D eigenvalue weighted by Crippen LogP contribution is -2.29. The lowest BCUT2D eigenvalue weighted by Gasteiger charge is -2.12. The zero-order valence-electron chi connectivity index (χ0n) is 12.3. The molecule has 4 rings (SSSR count). The molecule has 0 saturated carbocycles.